The van der Waals surface area contributed by atoms with Crippen LogP contribution in [0.2, 0.25) is 0 Å². The molecule has 0 fully saturated rings. The molecule has 0 atom stereocenters. The molecule has 5 aromatic carbocycles. The molecule has 7 rings (SSSR count). The summed E-state index contributed by atoms with van der Waals surface area (Å²) in [5.74, 6) is 0. The van der Waals surface area contributed by atoms with Gasteiger partial charge in [-0.15, -0.1) is 0 Å². The molecule has 0 aliphatic heterocycles. The molecule has 2 heterocycles. The van der Waals surface area contributed by atoms with E-state index in [1.54, 1.807) is 0 Å². The lowest BCUT2D eigenvalue weighted by Gasteiger charge is -2.05. The van der Waals surface area contributed by atoms with Crippen molar-refractivity contribution in [2.45, 2.75) is 25.7 Å². The fraction of sp³-hybridized carbons (Fsp3) is 0.118. The molecule has 0 aliphatic rings. The van der Waals surface area contributed by atoms with Gasteiger partial charge in [-0.2, -0.15) is 0 Å². The van der Waals surface area contributed by atoms with E-state index in [-0.39, 0.29) is 0 Å². The maximum Gasteiger partial charge on any atom is 0.0535 e. The molecule has 2 nitrogen and oxygen atoms in total. The van der Waals surface area contributed by atoms with Gasteiger partial charge in [-0.1, -0.05) is 84.9 Å². The summed E-state index contributed by atoms with van der Waals surface area (Å²) in [5.41, 5.74) is 7.84. The average Bonchev–Trinajstić information content (AvgIpc) is 3.55. The number of nitrogens with one attached hydrogen (secondary N) is 2. The molecule has 2 N–H and O–H groups in total. The molecule has 7 aromatic rings. The highest BCUT2D eigenvalue weighted by Gasteiger charge is 2.10. The van der Waals surface area contributed by atoms with Crippen LogP contribution >= 0.6 is 0 Å². The normalized spacial score (nSPS) is 11.8. The molecule has 0 spiro atoms. The van der Waals surface area contributed by atoms with Gasteiger partial charge in [-0.05, 0) is 71.8 Å². The molecule has 0 unspecified atom stereocenters. The maximum absolute atomic E-state index is 3.74. The van der Waals surface area contributed by atoms with E-state index in [0.717, 1.165) is 25.7 Å². The summed E-state index contributed by atoms with van der Waals surface area (Å²) >= 11 is 0. The molecular weight excluding hydrogens is 436 g/mol. The molecule has 0 amide bonds. The largest absolute Gasteiger partial charge is 0.358 e. The number of H-pyrrole nitrogens is 2. The van der Waals surface area contributed by atoms with Gasteiger partial charge >= 0.3 is 0 Å². The summed E-state index contributed by atoms with van der Waals surface area (Å²) in [6.45, 7) is 0. The van der Waals surface area contributed by atoms with E-state index >= 15 is 0 Å². The Morgan fingerprint density at radius 2 is 0.806 bits per heavy atom. The van der Waals surface area contributed by atoms with Gasteiger partial charge < -0.3 is 9.97 Å². The highest BCUT2D eigenvalue weighted by Crippen LogP contribution is 2.33. The van der Waals surface area contributed by atoms with Crippen molar-refractivity contribution in [1.29, 1.82) is 0 Å². The minimum absolute atomic E-state index is 1.02. The van der Waals surface area contributed by atoms with Gasteiger partial charge in [-0.3, -0.25) is 0 Å². The van der Waals surface area contributed by atoms with E-state index < -0.39 is 0 Å². The monoisotopic (exact) mass is 464 g/mol. The van der Waals surface area contributed by atoms with Gasteiger partial charge in [0.25, 0.3) is 0 Å². The Hall–Kier alpha value is -4.30. The lowest BCUT2D eigenvalue weighted by Crippen LogP contribution is -1.90. The van der Waals surface area contributed by atoms with Crippen LogP contribution in [-0.2, 0) is 25.7 Å². The summed E-state index contributed by atoms with van der Waals surface area (Å²) in [4.78, 5) is 7.48. The van der Waals surface area contributed by atoms with Crippen molar-refractivity contribution in [3.63, 3.8) is 0 Å². The van der Waals surface area contributed by atoms with E-state index in [2.05, 4.69) is 119 Å². The van der Waals surface area contributed by atoms with Crippen LogP contribution in [0.3, 0.4) is 0 Å². The van der Waals surface area contributed by atoms with Gasteiger partial charge in [0, 0.05) is 32.9 Å². The Labute approximate surface area is 210 Å². The zero-order valence-corrected chi connectivity index (χ0v) is 20.2. The minimum atomic E-state index is 1.02. The van der Waals surface area contributed by atoms with Gasteiger partial charge in [0.15, 0.2) is 0 Å². The number of hydrogen-bond donors (Lipinski definition) is 2. The Kier molecular flexibility index (Phi) is 5.10. The third-order valence-corrected chi connectivity index (χ3v) is 7.50. The molecule has 174 valence electrons. The number of rotatable bonds is 6. The molecule has 2 aromatic heterocycles. The van der Waals surface area contributed by atoms with Crippen LogP contribution in [-0.4, -0.2) is 9.97 Å². The quantitative estimate of drug-likeness (QED) is 0.231. The summed E-state index contributed by atoms with van der Waals surface area (Å²) in [6, 6.07) is 39.8. The maximum atomic E-state index is 3.74. The van der Waals surface area contributed by atoms with Crippen LogP contribution in [0.4, 0.5) is 0 Å². The standard InChI is InChI=1S/C34H28N2/c1-3-7-23(8-4-1)11-17-29-19-27-15-13-25-22-32-26(21-31(25)33(27)35-29)14-16-28-20-30(36-34(28)32)18-12-24-9-5-2-6-10-24/h1-10,13-16,19-22,35-36H,11-12,17-18H2. The minimum Gasteiger partial charge on any atom is -0.358 e. The third kappa shape index (κ3) is 3.85. The number of aromatic amines is 2. The second-order valence-electron chi connectivity index (χ2n) is 9.91. The van der Waals surface area contributed by atoms with Crippen LogP contribution in [0.25, 0.3) is 43.4 Å². The van der Waals surface area contributed by atoms with Gasteiger partial charge in [0.1, 0.15) is 0 Å². The van der Waals surface area contributed by atoms with Crippen LogP contribution in [0, 0.1) is 0 Å². The van der Waals surface area contributed by atoms with Crippen LogP contribution < -0.4 is 0 Å². The van der Waals surface area contributed by atoms with Crippen molar-refractivity contribution in [3.05, 3.63) is 132 Å². The summed E-state index contributed by atoms with van der Waals surface area (Å²) in [5, 5.41) is 7.71. The Morgan fingerprint density at radius 1 is 0.389 bits per heavy atom. The SMILES string of the molecule is c1ccc(CCc2cc3ccc4cc5c(ccc6cc(CCc7ccccc7)[nH]c65)cc4c3[nH]2)cc1. The van der Waals surface area contributed by atoms with Crippen LogP contribution in [0.5, 0.6) is 0 Å². The topological polar surface area (TPSA) is 31.6 Å². The van der Waals surface area contributed by atoms with E-state index in [1.807, 2.05) is 0 Å². The molecule has 0 bridgehead atoms. The molecule has 0 aliphatic carbocycles. The predicted octanol–water partition coefficient (Wildman–Crippen LogP) is 8.53. The van der Waals surface area contributed by atoms with Crippen LogP contribution in [0.15, 0.2) is 109 Å². The second-order valence-corrected chi connectivity index (χ2v) is 9.91. The Balaban J connectivity index is 1.24. The number of hydrogen-bond acceptors (Lipinski definition) is 0. The average molecular weight is 465 g/mol. The van der Waals surface area contributed by atoms with Gasteiger partial charge in [-0.25, -0.2) is 0 Å². The smallest absolute Gasteiger partial charge is 0.0535 e. The highest BCUT2D eigenvalue weighted by atomic mass is 14.7. The lowest BCUT2D eigenvalue weighted by atomic mass is 10.0. The molecule has 0 saturated heterocycles. The fourth-order valence-corrected chi connectivity index (χ4v) is 5.58. The van der Waals surface area contributed by atoms with Crippen LogP contribution in [0.1, 0.15) is 22.5 Å². The van der Waals surface area contributed by atoms with E-state index in [0.29, 0.717) is 0 Å². The lowest BCUT2D eigenvalue weighted by molar-refractivity contribution is 0.930. The molecule has 2 heteroatoms. The predicted molar refractivity (Wildman–Crippen MR) is 153 cm³/mol. The third-order valence-electron chi connectivity index (χ3n) is 7.50. The first-order valence-electron chi connectivity index (χ1n) is 12.9. The van der Waals surface area contributed by atoms with E-state index in [1.165, 1.54) is 65.9 Å². The van der Waals surface area contributed by atoms with Crippen molar-refractivity contribution in [2.75, 3.05) is 0 Å². The Morgan fingerprint density at radius 3 is 1.25 bits per heavy atom. The van der Waals surface area contributed by atoms with Crippen molar-refractivity contribution in [3.8, 4) is 0 Å². The fourth-order valence-electron chi connectivity index (χ4n) is 5.58. The Bertz CT molecular complexity index is 1680. The zero-order chi connectivity index (χ0) is 23.9. The number of fused-ring (bicyclic) bond motifs is 6. The first-order valence-corrected chi connectivity index (χ1v) is 12.9. The van der Waals surface area contributed by atoms with Crippen molar-refractivity contribution < 1.29 is 0 Å². The first-order chi connectivity index (χ1) is 17.8. The second kappa shape index (κ2) is 8.73. The first kappa shape index (κ1) is 21.0. The zero-order valence-electron chi connectivity index (χ0n) is 20.2. The molecule has 36 heavy (non-hydrogen) atoms. The summed E-state index contributed by atoms with van der Waals surface area (Å²) < 4.78 is 0. The molecular formula is C34H28N2. The van der Waals surface area contributed by atoms with Gasteiger partial charge in [0.2, 0.25) is 0 Å². The van der Waals surface area contributed by atoms with Gasteiger partial charge in [0.05, 0.1) is 11.0 Å². The number of aromatic nitrogens is 2. The van der Waals surface area contributed by atoms with Crippen molar-refractivity contribution in [2.24, 2.45) is 0 Å². The highest BCUT2D eigenvalue weighted by molar-refractivity contribution is 6.15. The van der Waals surface area contributed by atoms with Crippen molar-refractivity contribution in [1.82, 2.24) is 9.97 Å². The molecule has 0 saturated carbocycles. The number of aryl methyl sites for hydroxylation is 4. The van der Waals surface area contributed by atoms with Crippen molar-refractivity contribution >= 4 is 43.4 Å². The summed E-state index contributed by atoms with van der Waals surface area (Å²) in [6.07, 6.45) is 4.13. The summed E-state index contributed by atoms with van der Waals surface area (Å²) in [7, 11) is 0. The van der Waals surface area contributed by atoms with E-state index in [4.69, 9.17) is 0 Å². The number of benzene rings is 5. The molecule has 0 radical (unpaired) electrons. The van der Waals surface area contributed by atoms with E-state index in [9.17, 15) is 0 Å².